The maximum atomic E-state index is 8.93. The Morgan fingerprint density at radius 3 is 2.33 bits per heavy atom. The van der Waals surface area contributed by atoms with E-state index in [1.165, 1.54) is 5.56 Å². The summed E-state index contributed by atoms with van der Waals surface area (Å²) in [5.74, 6) is 1.98. The number of benzene rings is 2. The molecule has 5 nitrogen and oxygen atoms in total. The number of hydrogen-bond acceptors (Lipinski definition) is 4. The molecule has 0 heterocycles. The van der Waals surface area contributed by atoms with Crippen LogP contribution in [0.2, 0.25) is 0 Å². The van der Waals surface area contributed by atoms with E-state index in [1.807, 2.05) is 55.6 Å². The zero-order chi connectivity index (χ0) is 17.4. The third-order valence-electron chi connectivity index (χ3n) is 3.59. The van der Waals surface area contributed by atoms with E-state index >= 15 is 0 Å². The fourth-order valence-electron chi connectivity index (χ4n) is 2.27. The summed E-state index contributed by atoms with van der Waals surface area (Å²) in [4.78, 5) is 4.52. The molecule has 2 aromatic carbocycles. The molecule has 1 N–H and O–H groups in total. The second kappa shape index (κ2) is 8.59. The highest BCUT2D eigenvalue weighted by Crippen LogP contribution is 2.27. The van der Waals surface area contributed by atoms with Gasteiger partial charge in [-0.3, -0.25) is 10.3 Å². The highest BCUT2D eigenvalue weighted by Gasteiger charge is 2.05. The molecular weight excluding hydrogens is 302 g/mol. The monoisotopic (exact) mass is 323 g/mol. The summed E-state index contributed by atoms with van der Waals surface area (Å²) in [6.45, 7) is 2.50. The van der Waals surface area contributed by atoms with Gasteiger partial charge in [-0.25, -0.2) is 0 Å². The van der Waals surface area contributed by atoms with Crippen LogP contribution in [0.15, 0.2) is 47.5 Å². The second-order valence-electron chi connectivity index (χ2n) is 5.35. The molecule has 0 fully saturated rings. The maximum Gasteiger partial charge on any atom is 0.182 e. The Morgan fingerprint density at radius 2 is 1.71 bits per heavy atom. The van der Waals surface area contributed by atoms with Crippen molar-refractivity contribution in [3.8, 4) is 17.7 Å². The van der Waals surface area contributed by atoms with Crippen LogP contribution in [0.4, 0.5) is 0 Å². The van der Waals surface area contributed by atoms with E-state index in [0.717, 1.165) is 11.1 Å². The van der Waals surface area contributed by atoms with E-state index in [2.05, 4.69) is 10.3 Å². The van der Waals surface area contributed by atoms with Crippen molar-refractivity contribution < 1.29 is 9.47 Å². The van der Waals surface area contributed by atoms with E-state index in [9.17, 15) is 0 Å². The summed E-state index contributed by atoms with van der Waals surface area (Å²) in [6.07, 6.45) is 2.54. The molecule has 0 unspecified atom stereocenters. The third kappa shape index (κ3) is 4.75. The average Bonchev–Trinajstić information content (AvgIpc) is 2.61. The molecule has 24 heavy (non-hydrogen) atoms. The van der Waals surface area contributed by atoms with Gasteiger partial charge in [0.05, 0.1) is 20.8 Å². The summed E-state index contributed by atoms with van der Waals surface area (Å²) in [7, 11) is 3.21. The largest absolute Gasteiger partial charge is 0.493 e. The van der Waals surface area contributed by atoms with Gasteiger partial charge in [0.15, 0.2) is 17.7 Å². The molecule has 0 atom stereocenters. The molecule has 124 valence electrons. The predicted molar refractivity (Wildman–Crippen MR) is 94.3 cm³/mol. The average molecular weight is 323 g/mol. The Labute approximate surface area is 142 Å². The van der Waals surface area contributed by atoms with Gasteiger partial charge in [-0.05, 0) is 30.2 Å². The molecule has 0 aliphatic rings. The minimum Gasteiger partial charge on any atom is -0.493 e. The lowest BCUT2D eigenvalue weighted by atomic mass is 10.1. The van der Waals surface area contributed by atoms with E-state index < -0.39 is 0 Å². The van der Waals surface area contributed by atoms with E-state index in [4.69, 9.17) is 14.7 Å². The number of nitrogens with zero attached hydrogens (tertiary/aromatic N) is 2. The van der Waals surface area contributed by atoms with Gasteiger partial charge in [0.25, 0.3) is 0 Å². The summed E-state index contributed by atoms with van der Waals surface area (Å²) in [5.41, 5.74) is 3.29. The van der Waals surface area contributed by atoms with Crippen LogP contribution in [-0.2, 0) is 13.0 Å². The first-order chi connectivity index (χ1) is 11.7. The molecule has 0 saturated carbocycles. The van der Waals surface area contributed by atoms with Gasteiger partial charge >= 0.3 is 0 Å². The molecule has 0 aromatic heterocycles. The zero-order valence-corrected chi connectivity index (χ0v) is 14.2. The lowest BCUT2D eigenvalue weighted by molar-refractivity contribution is 0.354. The number of rotatable bonds is 6. The summed E-state index contributed by atoms with van der Waals surface area (Å²) >= 11 is 0. The maximum absolute atomic E-state index is 8.93. The van der Waals surface area contributed by atoms with Gasteiger partial charge in [0.1, 0.15) is 5.84 Å². The van der Waals surface area contributed by atoms with Gasteiger partial charge in [-0.1, -0.05) is 35.9 Å². The molecule has 0 spiro atoms. The molecule has 0 aliphatic heterocycles. The smallest absolute Gasteiger partial charge is 0.182 e. The topological polar surface area (TPSA) is 66.6 Å². The van der Waals surface area contributed by atoms with Crippen molar-refractivity contribution in [3.05, 3.63) is 59.2 Å². The fourth-order valence-corrected chi connectivity index (χ4v) is 2.27. The zero-order valence-electron chi connectivity index (χ0n) is 14.2. The van der Waals surface area contributed by atoms with Crippen molar-refractivity contribution in [1.29, 1.82) is 5.26 Å². The van der Waals surface area contributed by atoms with Crippen LogP contribution >= 0.6 is 0 Å². The van der Waals surface area contributed by atoms with Gasteiger partial charge in [0.2, 0.25) is 0 Å². The Balaban J connectivity index is 2.13. The SMILES string of the molecule is COc1ccc(CN=C(Cc2ccc(C)cc2)NC#N)cc1OC. The van der Waals surface area contributed by atoms with Crippen LogP contribution < -0.4 is 14.8 Å². The number of nitriles is 1. The van der Waals surface area contributed by atoms with Crippen LogP contribution in [-0.4, -0.2) is 20.1 Å². The highest BCUT2D eigenvalue weighted by atomic mass is 16.5. The van der Waals surface area contributed by atoms with Crippen molar-refractivity contribution >= 4 is 5.84 Å². The lowest BCUT2D eigenvalue weighted by Gasteiger charge is -2.09. The van der Waals surface area contributed by atoms with Gasteiger partial charge < -0.3 is 9.47 Å². The van der Waals surface area contributed by atoms with Crippen molar-refractivity contribution in [3.63, 3.8) is 0 Å². The van der Waals surface area contributed by atoms with Crippen LogP contribution in [0.25, 0.3) is 0 Å². The Morgan fingerprint density at radius 1 is 1.04 bits per heavy atom. The highest BCUT2D eigenvalue weighted by molar-refractivity contribution is 5.85. The number of aliphatic imine (C=N–C) groups is 1. The molecule has 0 aliphatic carbocycles. The van der Waals surface area contributed by atoms with E-state index in [1.54, 1.807) is 14.2 Å². The number of nitrogens with one attached hydrogen (secondary N) is 1. The second-order valence-corrected chi connectivity index (χ2v) is 5.35. The van der Waals surface area contributed by atoms with E-state index in [-0.39, 0.29) is 0 Å². The standard InChI is InChI=1S/C19H21N3O2/c1-14-4-6-15(7-5-14)11-19(22-13-20)21-12-16-8-9-17(23-2)18(10-16)24-3/h4-10H,11-12H2,1-3H3,(H,21,22). The third-order valence-corrected chi connectivity index (χ3v) is 3.59. The number of aryl methyl sites for hydroxylation is 1. The molecule has 5 heteroatoms. The van der Waals surface area contributed by atoms with Crippen molar-refractivity contribution in [2.24, 2.45) is 4.99 Å². The molecule has 2 rings (SSSR count). The molecule has 0 radical (unpaired) electrons. The molecule has 2 aromatic rings. The number of methoxy groups -OCH3 is 2. The summed E-state index contributed by atoms with van der Waals surface area (Å²) in [5, 5.41) is 11.6. The van der Waals surface area contributed by atoms with Crippen molar-refractivity contribution in [2.75, 3.05) is 14.2 Å². The summed E-state index contributed by atoms with van der Waals surface area (Å²) < 4.78 is 10.5. The first-order valence-electron chi connectivity index (χ1n) is 7.61. The Kier molecular flexibility index (Phi) is 6.21. The number of amidine groups is 1. The Bertz CT molecular complexity index is 746. The van der Waals surface area contributed by atoms with Crippen LogP contribution in [0.3, 0.4) is 0 Å². The Hall–Kier alpha value is -3.00. The first-order valence-corrected chi connectivity index (χ1v) is 7.61. The normalized spacial score (nSPS) is 10.8. The van der Waals surface area contributed by atoms with Crippen molar-refractivity contribution in [1.82, 2.24) is 5.32 Å². The first kappa shape index (κ1) is 17.4. The number of hydrogen-bond donors (Lipinski definition) is 1. The summed E-state index contributed by atoms with van der Waals surface area (Å²) in [6, 6.07) is 13.8. The molecular formula is C19H21N3O2. The van der Waals surface area contributed by atoms with Gasteiger partial charge in [0, 0.05) is 6.42 Å². The predicted octanol–water partition coefficient (Wildman–Crippen LogP) is 3.22. The molecule has 0 saturated heterocycles. The minimum absolute atomic E-state index is 0.455. The van der Waals surface area contributed by atoms with Crippen molar-refractivity contribution in [2.45, 2.75) is 19.9 Å². The van der Waals surface area contributed by atoms with Crippen LogP contribution in [0.5, 0.6) is 11.5 Å². The van der Waals surface area contributed by atoms with Gasteiger partial charge in [-0.2, -0.15) is 5.26 Å². The quantitative estimate of drug-likeness (QED) is 0.384. The number of ether oxygens (including phenoxy) is 2. The fraction of sp³-hybridized carbons (Fsp3) is 0.263. The molecule has 0 bridgehead atoms. The van der Waals surface area contributed by atoms with E-state index in [0.29, 0.717) is 30.3 Å². The van der Waals surface area contributed by atoms with Crippen LogP contribution in [0, 0.1) is 18.4 Å². The van der Waals surface area contributed by atoms with Crippen LogP contribution in [0.1, 0.15) is 16.7 Å². The van der Waals surface area contributed by atoms with Gasteiger partial charge in [-0.15, -0.1) is 0 Å². The molecule has 0 amide bonds. The minimum atomic E-state index is 0.455. The lowest BCUT2D eigenvalue weighted by Crippen LogP contribution is -2.20.